The molecule has 0 radical (unpaired) electrons. The van der Waals surface area contributed by atoms with Crippen LogP contribution in [0.15, 0.2) is 28.7 Å². The second kappa shape index (κ2) is 5.16. The topological polar surface area (TPSA) is 9.23 Å². The fourth-order valence-corrected chi connectivity index (χ4v) is 4.46. The number of ether oxygens (including phenoxy) is 1. The minimum absolute atomic E-state index is 0.124. The van der Waals surface area contributed by atoms with Crippen molar-refractivity contribution in [3.63, 3.8) is 0 Å². The van der Waals surface area contributed by atoms with E-state index in [0.717, 1.165) is 33.1 Å². The van der Waals surface area contributed by atoms with Crippen LogP contribution in [0.1, 0.15) is 20.8 Å². The Kier molecular flexibility index (Phi) is 3.72. The molecule has 3 rings (SSSR count). The minimum Gasteiger partial charge on any atom is -0.493 e. The summed E-state index contributed by atoms with van der Waals surface area (Å²) < 4.78 is 7.65. The van der Waals surface area contributed by atoms with Gasteiger partial charge in [-0.3, -0.25) is 0 Å². The van der Waals surface area contributed by atoms with E-state index in [1.54, 1.807) is 11.3 Å². The third-order valence-corrected chi connectivity index (χ3v) is 5.94. The van der Waals surface area contributed by atoms with E-state index in [1.165, 1.54) is 10.4 Å². The van der Waals surface area contributed by atoms with Crippen molar-refractivity contribution in [3.8, 4) is 5.75 Å². The first kappa shape index (κ1) is 13.0. The Labute approximate surface area is 131 Å². The quantitative estimate of drug-likeness (QED) is 0.589. The summed E-state index contributed by atoms with van der Waals surface area (Å²) in [6.45, 7) is 0.768. The first-order chi connectivity index (χ1) is 8.65. The molecule has 0 fully saturated rings. The zero-order chi connectivity index (χ0) is 12.7. The minimum atomic E-state index is 0.124. The van der Waals surface area contributed by atoms with Crippen LogP contribution in [-0.4, -0.2) is 6.61 Å². The molecule has 1 aromatic carbocycles. The number of rotatable bonds is 2. The van der Waals surface area contributed by atoms with E-state index in [2.05, 4.69) is 50.1 Å². The van der Waals surface area contributed by atoms with Crippen LogP contribution in [-0.2, 0) is 6.42 Å². The Morgan fingerprint density at radius 1 is 1.33 bits per heavy atom. The molecule has 0 saturated carbocycles. The molecule has 2 heterocycles. The van der Waals surface area contributed by atoms with E-state index >= 15 is 0 Å². The Morgan fingerprint density at radius 2 is 2.17 bits per heavy atom. The Morgan fingerprint density at radius 3 is 2.89 bits per heavy atom. The molecule has 2 aromatic rings. The number of halogens is 3. The maximum absolute atomic E-state index is 6.00. The van der Waals surface area contributed by atoms with Crippen LogP contribution in [0.3, 0.4) is 0 Å². The van der Waals surface area contributed by atoms with Crippen LogP contribution < -0.4 is 4.74 Å². The highest BCUT2D eigenvalue weighted by atomic mass is 79.9. The number of thiophene rings is 1. The van der Waals surface area contributed by atoms with Gasteiger partial charge >= 0.3 is 0 Å². The SMILES string of the molecule is Clc1ccc(C(Br)c2cc(Br)cc3c2OCC3)s1. The maximum atomic E-state index is 6.00. The molecule has 1 atom stereocenters. The van der Waals surface area contributed by atoms with Crippen molar-refractivity contribution < 1.29 is 4.74 Å². The maximum Gasteiger partial charge on any atom is 0.127 e. The zero-order valence-electron chi connectivity index (χ0n) is 9.25. The molecule has 1 aliphatic heterocycles. The smallest absolute Gasteiger partial charge is 0.127 e. The number of alkyl halides is 1. The van der Waals surface area contributed by atoms with Gasteiger partial charge in [-0.15, -0.1) is 11.3 Å². The molecule has 1 aliphatic rings. The van der Waals surface area contributed by atoms with E-state index < -0.39 is 0 Å². The van der Waals surface area contributed by atoms with Crippen LogP contribution in [0.4, 0.5) is 0 Å². The third-order valence-electron chi connectivity index (χ3n) is 2.89. The van der Waals surface area contributed by atoms with Crippen molar-refractivity contribution >= 4 is 54.8 Å². The molecule has 0 N–H and O–H groups in total. The van der Waals surface area contributed by atoms with Crippen LogP contribution >= 0.6 is 54.8 Å². The van der Waals surface area contributed by atoms with Crippen molar-refractivity contribution in [1.29, 1.82) is 0 Å². The van der Waals surface area contributed by atoms with Crippen LogP contribution in [0.5, 0.6) is 5.75 Å². The van der Waals surface area contributed by atoms with Crippen LogP contribution in [0.2, 0.25) is 4.34 Å². The number of benzene rings is 1. The lowest BCUT2D eigenvalue weighted by molar-refractivity contribution is 0.354. The summed E-state index contributed by atoms with van der Waals surface area (Å²) in [7, 11) is 0. The van der Waals surface area contributed by atoms with Gasteiger partial charge in [-0.1, -0.05) is 43.5 Å². The van der Waals surface area contributed by atoms with Crippen molar-refractivity contribution in [2.75, 3.05) is 6.61 Å². The highest BCUT2D eigenvalue weighted by Crippen LogP contribution is 2.44. The molecule has 94 valence electrons. The molecular formula is C13H9Br2ClOS. The van der Waals surface area contributed by atoms with Crippen LogP contribution in [0, 0.1) is 0 Å². The molecule has 1 unspecified atom stereocenters. The standard InChI is InChI=1S/C13H9Br2ClOS/c14-8-5-7-3-4-17-13(7)9(6-8)12(15)10-1-2-11(16)18-10/h1-2,5-6,12H,3-4H2. The molecule has 0 amide bonds. The number of fused-ring (bicyclic) bond motifs is 1. The highest BCUT2D eigenvalue weighted by molar-refractivity contribution is 9.10. The van der Waals surface area contributed by atoms with E-state index in [0.29, 0.717) is 0 Å². The van der Waals surface area contributed by atoms with Gasteiger partial charge in [-0.25, -0.2) is 0 Å². The number of hydrogen-bond donors (Lipinski definition) is 0. The first-order valence-electron chi connectivity index (χ1n) is 5.49. The Hall–Kier alpha value is -0.0300. The molecule has 0 bridgehead atoms. The lowest BCUT2D eigenvalue weighted by atomic mass is 10.0. The fraction of sp³-hybridized carbons (Fsp3) is 0.231. The number of hydrogen-bond acceptors (Lipinski definition) is 2. The summed E-state index contributed by atoms with van der Waals surface area (Å²) in [5.41, 5.74) is 2.43. The van der Waals surface area contributed by atoms with Crippen molar-refractivity contribution in [2.45, 2.75) is 11.2 Å². The molecule has 18 heavy (non-hydrogen) atoms. The molecule has 0 spiro atoms. The van der Waals surface area contributed by atoms with E-state index in [4.69, 9.17) is 16.3 Å². The highest BCUT2D eigenvalue weighted by Gasteiger charge is 2.23. The predicted molar refractivity (Wildman–Crippen MR) is 83.4 cm³/mol. The second-order valence-corrected chi connectivity index (χ2v) is 7.66. The van der Waals surface area contributed by atoms with Gasteiger partial charge in [-0.2, -0.15) is 0 Å². The fourth-order valence-electron chi connectivity index (χ4n) is 2.10. The van der Waals surface area contributed by atoms with E-state index in [-0.39, 0.29) is 4.83 Å². The predicted octanol–water partition coefficient (Wildman–Crippen LogP) is 5.58. The Bertz CT molecular complexity index is 597. The summed E-state index contributed by atoms with van der Waals surface area (Å²) in [5.74, 6) is 1.02. The van der Waals surface area contributed by atoms with Gasteiger partial charge in [-0.05, 0) is 29.8 Å². The van der Waals surface area contributed by atoms with Gasteiger partial charge in [0.1, 0.15) is 5.75 Å². The van der Waals surface area contributed by atoms with E-state index in [1.807, 2.05) is 6.07 Å². The first-order valence-corrected chi connectivity index (χ1v) is 8.40. The normalized spacial score (nSPS) is 15.3. The summed E-state index contributed by atoms with van der Waals surface area (Å²) >= 11 is 14.9. The molecule has 1 aromatic heterocycles. The molecule has 1 nitrogen and oxygen atoms in total. The van der Waals surface area contributed by atoms with Crippen LogP contribution in [0.25, 0.3) is 0 Å². The van der Waals surface area contributed by atoms with Crippen molar-refractivity contribution in [3.05, 3.63) is 49.1 Å². The lowest BCUT2D eigenvalue weighted by Gasteiger charge is -2.13. The van der Waals surface area contributed by atoms with Gasteiger partial charge in [0.2, 0.25) is 0 Å². The summed E-state index contributed by atoms with van der Waals surface area (Å²) in [5, 5.41) is 0. The average Bonchev–Trinajstić information content (AvgIpc) is 2.95. The van der Waals surface area contributed by atoms with Gasteiger partial charge in [0.15, 0.2) is 0 Å². The summed E-state index contributed by atoms with van der Waals surface area (Å²) in [6.07, 6.45) is 0.979. The largest absolute Gasteiger partial charge is 0.493 e. The van der Waals surface area contributed by atoms with E-state index in [9.17, 15) is 0 Å². The average molecular weight is 409 g/mol. The van der Waals surface area contributed by atoms with Gasteiger partial charge in [0.05, 0.1) is 15.8 Å². The zero-order valence-corrected chi connectivity index (χ0v) is 14.0. The summed E-state index contributed by atoms with van der Waals surface area (Å²) in [4.78, 5) is 1.31. The van der Waals surface area contributed by atoms with Crippen molar-refractivity contribution in [2.24, 2.45) is 0 Å². The molecule has 0 aliphatic carbocycles. The van der Waals surface area contributed by atoms with Gasteiger partial charge in [0.25, 0.3) is 0 Å². The molecular weight excluding hydrogens is 399 g/mol. The lowest BCUT2D eigenvalue weighted by Crippen LogP contribution is -1.95. The molecule has 5 heteroatoms. The van der Waals surface area contributed by atoms with Crippen molar-refractivity contribution in [1.82, 2.24) is 0 Å². The second-order valence-electron chi connectivity index (χ2n) is 4.09. The summed E-state index contributed by atoms with van der Waals surface area (Å²) in [6, 6.07) is 8.22. The monoisotopic (exact) mass is 406 g/mol. The Balaban J connectivity index is 2.06. The molecule has 0 saturated heterocycles. The van der Waals surface area contributed by atoms with Gasteiger partial charge < -0.3 is 4.74 Å². The van der Waals surface area contributed by atoms with Gasteiger partial charge in [0, 0.05) is 21.3 Å². The third kappa shape index (κ3) is 2.36.